The van der Waals surface area contributed by atoms with E-state index < -0.39 is 34.7 Å². The molecule has 208 valence electrons. The lowest BCUT2D eigenvalue weighted by Crippen LogP contribution is -2.39. The van der Waals surface area contributed by atoms with Crippen molar-refractivity contribution in [2.45, 2.75) is 31.7 Å². The van der Waals surface area contributed by atoms with Gasteiger partial charge in [-0.2, -0.15) is 13.2 Å². The molecular formula is C29H29ClF3NO5. The Morgan fingerprint density at radius 2 is 1.62 bits per heavy atom. The predicted octanol–water partition coefficient (Wildman–Crippen LogP) is 6.84. The molecule has 1 fully saturated rings. The number of rotatable bonds is 9. The number of ether oxygens (including phenoxy) is 3. The van der Waals surface area contributed by atoms with Gasteiger partial charge in [0.25, 0.3) is 0 Å². The van der Waals surface area contributed by atoms with Crippen LogP contribution in [0, 0.1) is 5.92 Å². The van der Waals surface area contributed by atoms with E-state index in [1.807, 2.05) is 35.2 Å². The van der Waals surface area contributed by atoms with E-state index in [2.05, 4.69) is 0 Å². The zero-order valence-corrected chi connectivity index (χ0v) is 22.3. The molecule has 0 aromatic heterocycles. The van der Waals surface area contributed by atoms with Crippen molar-refractivity contribution in [3.8, 4) is 17.2 Å². The lowest BCUT2D eigenvalue weighted by atomic mass is 9.90. The van der Waals surface area contributed by atoms with Crippen molar-refractivity contribution in [2.75, 3.05) is 27.3 Å². The Kier molecular flexibility index (Phi) is 8.92. The Morgan fingerprint density at radius 3 is 2.15 bits per heavy atom. The number of hydrogen-bond acceptors (Lipinski definition) is 5. The molecule has 3 aromatic carbocycles. The highest BCUT2D eigenvalue weighted by molar-refractivity contribution is 6.31. The highest BCUT2D eigenvalue weighted by atomic mass is 35.5. The molecule has 0 amide bonds. The highest BCUT2D eigenvalue weighted by Crippen LogP contribution is 2.45. The third-order valence-corrected chi connectivity index (χ3v) is 7.21. The van der Waals surface area contributed by atoms with E-state index in [-0.39, 0.29) is 6.61 Å². The number of methoxy groups -OCH3 is 2. The Hall–Kier alpha value is -3.43. The molecule has 0 spiro atoms. The molecule has 1 atom stereocenters. The van der Waals surface area contributed by atoms with E-state index in [1.165, 1.54) is 20.3 Å². The topological polar surface area (TPSA) is 68.2 Å². The van der Waals surface area contributed by atoms with Gasteiger partial charge in [-0.3, -0.25) is 9.69 Å². The first-order chi connectivity index (χ1) is 18.6. The van der Waals surface area contributed by atoms with Gasteiger partial charge in [0.05, 0.1) is 36.8 Å². The van der Waals surface area contributed by atoms with Gasteiger partial charge < -0.3 is 19.3 Å². The first kappa shape index (κ1) is 28.6. The maximum absolute atomic E-state index is 13.8. The van der Waals surface area contributed by atoms with E-state index in [1.54, 1.807) is 18.2 Å². The van der Waals surface area contributed by atoms with Crippen molar-refractivity contribution < 1.29 is 37.3 Å². The van der Waals surface area contributed by atoms with Crippen LogP contribution < -0.4 is 14.2 Å². The number of piperidine rings is 1. The smallest absolute Gasteiger partial charge is 0.417 e. The lowest BCUT2D eigenvalue weighted by Gasteiger charge is -2.37. The van der Waals surface area contributed by atoms with Crippen molar-refractivity contribution in [3.63, 3.8) is 0 Å². The largest absolute Gasteiger partial charge is 0.493 e. The molecule has 0 saturated carbocycles. The molecule has 1 aliphatic rings. The summed E-state index contributed by atoms with van der Waals surface area (Å²) in [4.78, 5) is 13.5. The van der Waals surface area contributed by atoms with Crippen molar-refractivity contribution in [3.05, 3.63) is 87.9 Å². The fourth-order valence-corrected chi connectivity index (χ4v) is 5.10. The Bertz CT molecular complexity index is 1270. The summed E-state index contributed by atoms with van der Waals surface area (Å²) < 4.78 is 58.6. The maximum atomic E-state index is 13.8. The summed E-state index contributed by atoms with van der Waals surface area (Å²) in [5, 5.41) is 9.05. The third-order valence-electron chi connectivity index (χ3n) is 6.88. The SMILES string of the molecule is COc1cc(C(c2ccc(Cl)c(C(F)(F)F)c2)N2CCC(C(=O)O)CC2)cc(OC)c1OCc1ccccc1. The van der Waals surface area contributed by atoms with Crippen LogP contribution in [0.3, 0.4) is 0 Å². The number of likely N-dealkylation sites (tertiary alicyclic amines) is 1. The van der Waals surface area contributed by atoms with E-state index >= 15 is 0 Å². The van der Waals surface area contributed by atoms with Crippen LogP contribution in [0.1, 0.15) is 41.1 Å². The fourth-order valence-electron chi connectivity index (χ4n) is 4.88. The minimum Gasteiger partial charge on any atom is -0.493 e. The second-order valence-electron chi connectivity index (χ2n) is 9.32. The van der Waals surface area contributed by atoms with Crippen LogP contribution in [0.2, 0.25) is 5.02 Å². The molecule has 39 heavy (non-hydrogen) atoms. The van der Waals surface area contributed by atoms with Crippen molar-refractivity contribution in [2.24, 2.45) is 5.92 Å². The fraction of sp³-hybridized carbons (Fsp3) is 0.345. The first-order valence-corrected chi connectivity index (χ1v) is 12.8. The monoisotopic (exact) mass is 563 g/mol. The number of aliphatic carboxylic acids is 1. The van der Waals surface area contributed by atoms with Gasteiger partial charge >= 0.3 is 12.1 Å². The molecule has 3 aromatic rings. The summed E-state index contributed by atoms with van der Waals surface area (Å²) in [6.45, 7) is 1.01. The molecule has 0 radical (unpaired) electrons. The molecule has 10 heteroatoms. The number of nitrogens with zero attached hydrogens (tertiary/aromatic N) is 1. The standard InChI is InChI=1S/C29H29ClF3NO5/c1-37-24-15-21(16-25(38-2)27(24)39-17-18-6-4-3-5-7-18)26(34-12-10-19(11-13-34)28(35)36)20-8-9-23(30)22(14-20)29(31,32)33/h3-9,14-16,19,26H,10-13,17H2,1-2H3,(H,35,36). The molecule has 1 saturated heterocycles. The second kappa shape index (κ2) is 12.2. The number of alkyl halides is 3. The summed E-state index contributed by atoms with van der Waals surface area (Å²) >= 11 is 5.92. The summed E-state index contributed by atoms with van der Waals surface area (Å²) in [7, 11) is 2.96. The average molecular weight is 564 g/mol. The molecular weight excluding hydrogens is 535 g/mol. The number of carboxylic acids is 1. The zero-order chi connectivity index (χ0) is 28.2. The van der Waals surface area contributed by atoms with Crippen molar-refractivity contribution in [1.29, 1.82) is 0 Å². The van der Waals surface area contributed by atoms with Crippen LogP contribution in [0.25, 0.3) is 0 Å². The van der Waals surface area contributed by atoms with Gasteiger partial charge in [-0.1, -0.05) is 48.0 Å². The predicted molar refractivity (Wildman–Crippen MR) is 141 cm³/mol. The van der Waals surface area contributed by atoms with Crippen LogP contribution >= 0.6 is 11.6 Å². The van der Waals surface area contributed by atoms with Gasteiger partial charge in [0, 0.05) is 0 Å². The molecule has 1 unspecified atom stereocenters. The van der Waals surface area contributed by atoms with Gasteiger partial charge in [-0.25, -0.2) is 0 Å². The summed E-state index contributed by atoms with van der Waals surface area (Å²) in [5.41, 5.74) is 0.974. The number of halogens is 4. The van der Waals surface area contributed by atoms with Crippen LogP contribution in [-0.2, 0) is 17.6 Å². The number of benzene rings is 3. The first-order valence-electron chi connectivity index (χ1n) is 12.4. The number of hydrogen-bond donors (Lipinski definition) is 1. The van der Waals surface area contributed by atoms with Crippen molar-refractivity contribution >= 4 is 17.6 Å². The summed E-state index contributed by atoms with van der Waals surface area (Å²) in [6, 6.07) is 16.2. The third kappa shape index (κ3) is 6.59. The second-order valence-corrected chi connectivity index (χ2v) is 9.72. The van der Waals surface area contributed by atoms with Gasteiger partial charge in [0.1, 0.15) is 6.61 Å². The van der Waals surface area contributed by atoms with Crippen LogP contribution in [-0.4, -0.2) is 43.3 Å². The lowest BCUT2D eigenvalue weighted by molar-refractivity contribution is -0.143. The molecule has 1 heterocycles. The van der Waals surface area contributed by atoms with Crippen LogP contribution in [0.15, 0.2) is 60.7 Å². The van der Waals surface area contributed by atoms with Crippen LogP contribution in [0.4, 0.5) is 13.2 Å². The molecule has 6 nitrogen and oxygen atoms in total. The quantitative estimate of drug-likeness (QED) is 0.307. The van der Waals surface area contributed by atoms with Gasteiger partial charge in [-0.15, -0.1) is 0 Å². The van der Waals surface area contributed by atoms with Crippen LogP contribution in [0.5, 0.6) is 17.2 Å². The normalized spacial score (nSPS) is 15.5. The maximum Gasteiger partial charge on any atom is 0.417 e. The highest BCUT2D eigenvalue weighted by Gasteiger charge is 2.36. The number of carbonyl (C=O) groups is 1. The molecule has 0 bridgehead atoms. The number of carboxylic acid groups (broad SMARTS) is 1. The summed E-state index contributed by atoms with van der Waals surface area (Å²) in [6.07, 6.45) is -3.89. The molecule has 1 N–H and O–H groups in total. The van der Waals surface area contributed by atoms with E-state index in [0.29, 0.717) is 54.3 Å². The Labute approximate surface area is 229 Å². The van der Waals surface area contributed by atoms with E-state index in [4.69, 9.17) is 25.8 Å². The molecule has 1 aliphatic heterocycles. The van der Waals surface area contributed by atoms with E-state index in [9.17, 15) is 23.1 Å². The Morgan fingerprint density at radius 1 is 1.00 bits per heavy atom. The zero-order valence-electron chi connectivity index (χ0n) is 21.5. The molecule has 4 rings (SSSR count). The minimum atomic E-state index is -4.64. The van der Waals surface area contributed by atoms with Gasteiger partial charge in [-0.05, 0) is 66.9 Å². The van der Waals surface area contributed by atoms with Gasteiger partial charge in [0.15, 0.2) is 11.5 Å². The van der Waals surface area contributed by atoms with Gasteiger partial charge in [0.2, 0.25) is 5.75 Å². The Balaban J connectivity index is 1.77. The molecule has 0 aliphatic carbocycles. The average Bonchev–Trinajstić information content (AvgIpc) is 2.93. The minimum absolute atomic E-state index is 0.255. The summed E-state index contributed by atoms with van der Waals surface area (Å²) in [5.74, 6) is -0.301. The van der Waals surface area contributed by atoms with Crippen molar-refractivity contribution in [1.82, 2.24) is 4.90 Å². The van der Waals surface area contributed by atoms with E-state index in [0.717, 1.165) is 11.6 Å².